The number of para-hydroxylation sites is 1. The van der Waals surface area contributed by atoms with E-state index in [0.29, 0.717) is 5.69 Å². The van der Waals surface area contributed by atoms with E-state index in [9.17, 15) is 18.8 Å². The second-order valence-electron chi connectivity index (χ2n) is 6.61. The van der Waals surface area contributed by atoms with Gasteiger partial charge < -0.3 is 10.1 Å². The van der Waals surface area contributed by atoms with Crippen LogP contribution < -0.4 is 5.32 Å². The number of esters is 1. The lowest BCUT2D eigenvalue weighted by atomic mass is 10.0. The van der Waals surface area contributed by atoms with Gasteiger partial charge >= 0.3 is 5.97 Å². The van der Waals surface area contributed by atoms with Crippen LogP contribution in [0.4, 0.5) is 4.39 Å². The van der Waals surface area contributed by atoms with Crippen molar-refractivity contribution in [3.63, 3.8) is 0 Å². The van der Waals surface area contributed by atoms with Crippen LogP contribution in [0.1, 0.15) is 21.7 Å². The van der Waals surface area contributed by atoms with Crippen LogP contribution in [0.5, 0.6) is 0 Å². The van der Waals surface area contributed by atoms with Gasteiger partial charge in [0.15, 0.2) is 0 Å². The van der Waals surface area contributed by atoms with Crippen LogP contribution in [0, 0.1) is 12.7 Å². The minimum atomic E-state index is -1.16. The van der Waals surface area contributed by atoms with Gasteiger partial charge in [-0.15, -0.1) is 0 Å². The number of nitrogens with one attached hydrogen (secondary N) is 1. The van der Waals surface area contributed by atoms with Gasteiger partial charge in [-0.2, -0.15) is 5.10 Å². The molecule has 7 nitrogen and oxygen atoms in total. The Bertz CT molecular complexity index is 1080. The van der Waals surface area contributed by atoms with E-state index in [1.807, 2.05) is 6.07 Å². The quantitative estimate of drug-likeness (QED) is 0.478. The monoisotopic (exact) mass is 409 g/mol. The highest BCUT2D eigenvalue weighted by Crippen LogP contribution is 2.16. The van der Waals surface area contributed by atoms with Crippen molar-refractivity contribution in [1.29, 1.82) is 0 Å². The van der Waals surface area contributed by atoms with Crippen molar-refractivity contribution in [3.8, 4) is 5.69 Å². The van der Waals surface area contributed by atoms with Gasteiger partial charge in [0, 0.05) is 6.42 Å². The molecule has 1 atom stereocenters. The number of benzene rings is 2. The molecule has 1 amide bonds. The minimum absolute atomic E-state index is 0.0355. The van der Waals surface area contributed by atoms with Crippen LogP contribution in [-0.2, 0) is 20.7 Å². The number of ether oxygens (including phenoxy) is 1. The fourth-order valence-corrected chi connectivity index (χ4v) is 3.00. The number of halogens is 1. The second-order valence-corrected chi connectivity index (χ2v) is 6.61. The maximum absolute atomic E-state index is 14.3. The number of methoxy groups -OCH3 is 1. The summed E-state index contributed by atoms with van der Waals surface area (Å²) in [6.07, 6.45) is 0.0906. The summed E-state index contributed by atoms with van der Waals surface area (Å²) in [4.78, 5) is 37.3. The Hall–Kier alpha value is -3.81. The molecule has 0 aliphatic rings. The number of amides is 1. The van der Waals surface area contributed by atoms with Gasteiger partial charge in [0.2, 0.25) is 0 Å². The molecule has 0 saturated carbocycles. The molecule has 0 radical (unpaired) electrons. The summed E-state index contributed by atoms with van der Waals surface area (Å²) < 4.78 is 19.9. The molecule has 3 rings (SSSR count). The molecule has 0 spiro atoms. The maximum Gasteiger partial charge on any atom is 0.376 e. The first-order valence-corrected chi connectivity index (χ1v) is 9.19. The highest BCUT2D eigenvalue weighted by molar-refractivity contribution is 6.36. The fraction of sp³-hybridized carbons (Fsp3) is 0.182. The molecular formula is C22H20FN3O4. The number of ketones is 1. The first-order valence-electron chi connectivity index (χ1n) is 9.19. The van der Waals surface area contributed by atoms with Crippen molar-refractivity contribution in [1.82, 2.24) is 15.1 Å². The van der Waals surface area contributed by atoms with Crippen LogP contribution in [0.2, 0.25) is 0 Å². The average molecular weight is 409 g/mol. The van der Waals surface area contributed by atoms with Gasteiger partial charge in [-0.05, 0) is 30.7 Å². The van der Waals surface area contributed by atoms with Crippen LogP contribution in [0.3, 0.4) is 0 Å². The number of aryl methyl sites for hydroxylation is 1. The molecule has 1 heterocycles. The fourth-order valence-electron chi connectivity index (χ4n) is 3.00. The van der Waals surface area contributed by atoms with E-state index in [0.717, 1.165) is 12.7 Å². The summed E-state index contributed by atoms with van der Waals surface area (Å²) >= 11 is 0. The summed E-state index contributed by atoms with van der Waals surface area (Å²) in [5.74, 6) is -3.17. The van der Waals surface area contributed by atoms with E-state index in [1.165, 1.54) is 28.9 Å². The topological polar surface area (TPSA) is 90.3 Å². The van der Waals surface area contributed by atoms with Gasteiger partial charge in [0.25, 0.3) is 11.7 Å². The zero-order chi connectivity index (χ0) is 21.7. The van der Waals surface area contributed by atoms with Crippen molar-refractivity contribution in [2.45, 2.75) is 19.4 Å². The lowest BCUT2D eigenvalue weighted by molar-refractivity contribution is -0.152. The molecular weight excluding hydrogens is 389 g/mol. The number of Topliss-reactive ketones (excluding diaryl/α,β-unsaturated/α-hetero) is 1. The predicted octanol–water partition coefficient (Wildman–Crippen LogP) is 2.40. The molecule has 1 N–H and O–H groups in total. The molecule has 0 aliphatic heterocycles. The third-order valence-corrected chi connectivity index (χ3v) is 4.44. The van der Waals surface area contributed by atoms with Crippen LogP contribution in [0.15, 0.2) is 60.7 Å². The molecule has 8 heteroatoms. The number of carbonyl (C=O) groups is 3. The van der Waals surface area contributed by atoms with E-state index in [1.54, 1.807) is 37.3 Å². The highest BCUT2D eigenvalue weighted by Gasteiger charge is 2.29. The SMILES string of the molecule is COC(=O)C(=O)C(Cc1ccccc1)NC(=O)c1cc(C)nn1-c1ccccc1F. The van der Waals surface area contributed by atoms with E-state index in [4.69, 9.17) is 0 Å². The molecule has 154 valence electrons. The number of nitrogens with zero attached hydrogens (tertiary/aromatic N) is 2. The maximum atomic E-state index is 14.3. The van der Waals surface area contributed by atoms with Crippen LogP contribution >= 0.6 is 0 Å². The second kappa shape index (κ2) is 9.13. The first kappa shape index (κ1) is 20.9. The van der Waals surface area contributed by atoms with Crippen molar-refractivity contribution >= 4 is 17.7 Å². The Morgan fingerprint density at radius 2 is 1.77 bits per heavy atom. The average Bonchev–Trinajstić information content (AvgIpc) is 3.14. The number of carbonyl (C=O) groups excluding carboxylic acids is 3. The van der Waals surface area contributed by atoms with Crippen molar-refractivity contribution < 1.29 is 23.5 Å². The molecule has 0 saturated heterocycles. The highest BCUT2D eigenvalue weighted by atomic mass is 19.1. The summed E-state index contributed by atoms with van der Waals surface area (Å²) in [5.41, 5.74) is 1.36. The lowest BCUT2D eigenvalue weighted by Gasteiger charge is -2.17. The summed E-state index contributed by atoms with van der Waals surface area (Å²) in [6, 6.07) is 15.1. The molecule has 3 aromatic rings. The molecule has 2 aromatic carbocycles. The summed E-state index contributed by atoms with van der Waals surface area (Å²) in [5, 5.41) is 6.76. The predicted molar refractivity (Wildman–Crippen MR) is 107 cm³/mol. The Labute approximate surface area is 172 Å². The first-order chi connectivity index (χ1) is 14.4. The molecule has 0 bridgehead atoms. The minimum Gasteiger partial charge on any atom is -0.463 e. The van der Waals surface area contributed by atoms with Crippen molar-refractivity contribution in [3.05, 3.63) is 83.4 Å². The van der Waals surface area contributed by atoms with Gasteiger partial charge in [-0.1, -0.05) is 42.5 Å². The van der Waals surface area contributed by atoms with E-state index < -0.39 is 29.5 Å². The molecule has 1 aromatic heterocycles. The van der Waals surface area contributed by atoms with Crippen LogP contribution in [-0.4, -0.2) is 40.6 Å². The van der Waals surface area contributed by atoms with Gasteiger partial charge in [-0.25, -0.2) is 13.9 Å². The van der Waals surface area contributed by atoms with Gasteiger partial charge in [0.05, 0.1) is 12.8 Å². The van der Waals surface area contributed by atoms with E-state index in [-0.39, 0.29) is 17.8 Å². The summed E-state index contributed by atoms with van der Waals surface area (Å²) in [7, 11) is 1.10. The van der Waals surface area contributed by atoms with E-state index in [2.05, 4.69) is 15.2 Å². The Balaban J connectivity index is 1.92. The molecule has 30 heavy (non-hydrogen) atoms. The third kappa shape index (κ3) is 4.60. The van der Waals surface area contributed by atoms with Gasteiger partial charge in [-0.3, -0.25) is 9.59 Å². The zero-order valence-electron chi connectivity index (χ0n) is 16.5. The number of hydrogen-bond donors (Lipinski definition) is 1. The Morgan fingerprint density at radius 1 is 1.10 bits per heavy atom. The largest absolute Gasteiger partial charge is 0.463 e. The number of hydrogen-bond acceptors (Lipinski definition) is 5. The normalized spacial score (nSPS) is 11.6. The summed E-state index contributed by atoms with van der Waals surface area (Å²) in [6.45, 7) is 1.66. The molecule has 0 fully saturated rings. The standard InChI is InChI=1S/C22H20FN3O4/c1-14-12-19(26(25-14)18-11-7-6-10-16(18)23)21(28)24-17(20(27)22(29)30-2)13-15-8-4-3-5-9-15/h3-12,17H,13H2,1-2H3,(H,24,28). The number of rotatable bonds is 7. The van der Waals surface area contributed by atoms with Gasteiger partial charge in [0.1, 0.15) is 23.2 Å². The third-order valence-electron chi connectivity index (χ3n) is 4.44. The molecule has 1 unspecified atom stereocenters. The van der Waals surface area contributed by atoms with E-state index >= 15 is 0 Å². The smallest absolute Gasteiger partial charge is 0.376 e. The molecule has 0 aliphatic carbocycles. The Morgan fingerprint density at radius 3 is 2.43 bits per heavy atom. The van der Waals surface area contributed by atoms with Crippen LogP contribution in [0.25, 0.3) is 5.69 Å². The lowest BCUT2D eigenvalue weighted by Crippen LogP contribution is -2.46. The van der Waals surface area contributed by atoms with Crippen molar-refractivity contribution in [2.24, 2.45) is 0 Å². The van der Waals surface area contributed by atoms with Crippen molar-refractivity contribution in [2.75, 3.05) is 7.11 Å². The zero-order valence-corrected chi connectivity index (χ0v) is 16.5. The Kier molecular flexibility index (Phi) is 6.36. The number of aromatic nitrogens is 2.